The molecule has 1 aliphatic heterocycles. The SMILES string of the molecule is CCCCC(=O)N1CCN(CCOc2ccccc2C)CC1. The second-order valence-electron chi connectivity index (χ2n) is 5.94. The average Bonchev–Trinajstić information content (AvgIpc) is 2.55. The van der Waals surface area contributed by atoms with Crippen LogP contribution in [0.5, 0.6) is 5.75 Å². The Kier molecular flexibility index (Phi) is 6.72. The van der Waals surface area contributed by atoms with Gasteiger partial charge in [0, 0.05) is 39.1 Å². The minimum absolute atomic E-state index is 0.317. The summed E-state index contributed by atoms with van der Waals surface area (Å²) in [4.78, 5) is 16.4. The van der Waals surface area contributed by atoms with Crippen LogP contribution in [0.2, 0.25) is 0 Å². The highest BCUT2D eigenvalue weighted by molar-refractivity contribution is 5.76. The van der Waals surface area contributed by atoms with Crippen molar-refractivity contribution in [3.05, 3.63) is 29.8 Å². The lowest BCUT2D eigenvalue weighted by Crippen LogP contribution is -2.49. The summed E-state index contributed by atoms with van der Waals surface area (Å²) in [5.41, 5.74) is 1.17. The number of unbranched alkanes of at least 4 members (excludes halogenated alkanes) is 1. The van der Waals surface area contributed by atoms with E-state index in [9.17, 15) is 4.79 Å². The monoisotopic (exact) mass is 304 g/mol. The molecule has 0 aromatic heterocycles. The van der Waals surface area contributed by atoms with Gasteiger partial charge in [0.2, 0.25) is 5.91 Å². The van der Waals surface area contributed by atoms with Crippen LogP contribution in [-0.2, 0) is 4.79 Å². The number of aryl methyl sites for hydroxylation is 1. The van der Waals surface area contributed by atoms with Gasteiger partial charge in [-0.3, -0.25) is 9.69 Å². The van der Waals surface area contributed by atoms with Crippen molar-refractivity contribution < 1.29 is 9.53 Å². The average molecular weight is 304 g/mol. The van der Waals surface area contributed by atoms with E-state index in [2.05, 4.69) is 24.8 Å². The number of rotatable bonds is 7. The van der Waals surface area contributed by atoms with Crippen molar-refractivity contribution in [3.8, 4) is 5.75 Å². The number of carbonyl (C=O) groups excluding carboxylic acids is 1. The van der Waals surface area contributed by atoms with Crippen molar-refractivity contribution in [2.75, 3.05) is 39.3 Å². The maximum absolute atomic E-state index is 12.0. The molecule has 2 rings (SSSR count). The van der Waals surface area contributed by atoms with Crippen LogP contribution in [0.25, 0.3) is 0 Å². The van der Waals surface area contributed by atoms with Gasteiger partial charge in [-0.2, -0.15) is 0 Å². The molecular formula is C18H28N2O2. The molecule has 0 aliphatic carbocycles. The molecule has 1 aromatic rings. The summed E-state index contributed by atoms with van der Waals surface area (Å²) < 4.78 is 5.84. The second kappa shape index (κ2) is 8.79. The van der Waals surface area contributed by atoms with E-state index in [-0.39, 0.29) is 0 Å². The van der Waals surface area contributed by atoms with Gasteiger partial charge in [-0.25, -0.2) is 0 Å². The minimum Gasteiger partial charge on any atom is -0.492 e. The molecule has 1 heterocycles. The van der Waals surface area contributed by atoms with Crippen molar-refractivity contribution in [3.63, 3.8) is 0 Å². The van der Waals surface area contributed by atoms with Gasteiger partial charge in [0.25, 0.3) is 0 Å². The van der Waals surface area contributed by atoms with Crippen LogP contribution < -0.4 is 4.74 Å². The van der Waals surface area contributed by atoms with Crippen LogP contribution >= 0.6 is 0 Å². The number of amides is 1. The number of carbonyl (C=O) groups is 1. The first-order chi connectivity index (χ1) is 10.7. The number of para-hydroxylation sites is 1. The standard InChI is InChI=1S/C18H28N2O2/c1-3-4-9-18(21)20-12-10-19(11-13-20)14-15-22-17-8-6-5-7-16(17)2/h5-8H,3-4,9-15H2,1-2H3. The molecule has 1 amide bonds. The molecule has 4 heteroatoms. The van der Waals surface area contributed by atoms with Gasteiger partial charge in [0.1, 0.15) is 12.4 Å². The Morgan fingerprint density at radius 2 is 1.91 bits per heavy atom. The zero-order valence-corrected chi connectivity index (χ0v) is 13.9. The van der Waals surface area contributed by atoms with E-state index in [1.807, 2.05) is 23.1 Å². The Morgan fingerprint density at radius 1 is 1.18 bits per heavy atom. The van der Waals surface area contributed by atoms with Gasteiger partial charge in [0.15, 0.2) is 0 Å². The molecule has 4 nitrogen and oxygen atoms in total. The van der Waals surface area contributed by atoms with E-state index < -0.39 is 0 Å². The Hall–Kier alpha value is -1.55. The van der Waals surface area contributed by atoms with Gasteiger partial charge in [-0.1, -0.05) is 31.5 Å². The van der Waals surface area contributed by atoms with Crippen LogP contribution in [0.1, 0.15) is 31.7 Å². The molecule has 1 fully saturated rings. The quantitative estimate of drug-likeness (QED) is 0.776. The van der Waals surface area contributed by atoms with E-state index in [1.165, 1.54) is 5.56 Å². The molecule has 0 N–H and O–H groups in total. The highest BCUT2D eigenvalue weighted by Gasteiger charge is 2.20. The topological polar surface area (TPSA) is 32.8 Å². The van der Waals surface area contributed by atoms with Gasteiger partial charge in [-0.05, 0) is 25.0 Å². The molecule has 1 saturated heterocycles. The lowest BCUT2D eigenvalue weighted by molar-refractivity contribution is -0.133. The molecule has 0 atom stereocenters. The molecule has 1 aromatic carbocycles. The molecule has 1 aliphatic rings. The fourth-order valence-corrected chi connectivity index (χ4v) is 2.71. The number of ether oxygens (including phenoxy) is 1. The first-order valence-electron chi connectivity index (χ1n) is 8.39. The maximum Gasteiger partial charge on any atom is 0.222 e. The van der Waals surface area contributed by atoms with Gasteiger partial charge in [0.05, 0.1) is 0 Å². The fraction of sp³-hybridized carbons (Fsp3) is 0.611. The van der Waals surface area contributed by atoms with Gasteiger partial charge >= 0.3 is 0 Å². The fourth-order valence-electron chi connectivity index (χ4n) is 2.71. The minimum atomic E-state index is 0.317. The number of benzene rings is 1. The Labute approximate surface area is 134 Å². The largest absolute Gasteiger partial charge is 0.492 e. The van der Waals surface area contributed by atoms with Crippen LogP contribution in [-0.4, -0.2) is 55.0 Å². The molecule has 0 radical (unpaired) electrons. The first-order valence-corrected chi connectivity index (χ1v) is 8.39. The lowest BCUT2D eigenvalue weighted by atomic mass is 10.2. The third kappa shape index (κ3) is 5.02. The zero-order chi connectivity index (χ0) is 15.8. The molecule has 0 unspecified atom stereocenters. The predicted octanol–water partition coefficient (Wildman–Crippen LogP) is 2.71. The highest BCUT2D eigenvalue weighted by Crippen LogP contribution is 2.16. The van der Waals surface area contributed by atoms with Crippen LogP contribution in [0, 0.1) is 6.92 Å². The van der Waals surface area contributed by atoms with E-state index in [0.717, 1.165) is 51.3 Å². The summed E-state index contributed by atoms with van der Waals surface area (Å²) in [6.45, 7) is 9.43. The van der Waals surface area contributed by atoms with E-state index in [1.54, 1.807) is 0 Å². The van der Waals surface area contributed by atoms with Crippen molar-refractivity contribution in [1.82, 2.24) is 9.80 Å². The van der Waals surface area contributed by atoms with E-state index >= 15 is 0 Å². The van der Waals surface area contributed by atoms with Gasteiger partial charge in [-0.15, -0.1) is 0 Å². The summed E-state index contributed by atoms with van der Waals surface area (Å²) in [7, 11) is 0. The molecule has 0 bridgehead atoms. The maximum atomic E-state index is 12.0. The van der Waals surface area contributed by atoms with Crippen molar-refractivity contribution in [2.24, 2.45) is 0 Å². The van der Waals surface area contributed by atoms with Crippen LogP contribution in [0.15, 0.2) is 24.3 Å². The number of piperazine rings is 1. The zero-order valence-electron chi connectivity index (χ0n) is 13.9. The van der Waals surface area contributed by atoms with Crippen LogP contribution in [0.4, 0.5) is 0 Å². The third-order valence-electron chi connectivity index (χ3n) is 4.23. The summed E-state index contributed by atoms with van der Waals surface area (Å²) >= 11 is 0. The van der Waals surface area contributed by atoms with Gasteiger partial charge < -0.3 is 9.64 Å². The lowest BCUT2D eigenvalue weighted by Gasteiger charge is -2.34. The highest BCUT2D eigenvalue weighted by atomic mass is 16.5. The Morgan fingerprint density at radius 3 is 2.59 bits per heavy atom. The van der Waals surface area contributed by atoms with Crippen molar-refractivity contribution in [1.29, 1.82) is 0 Å². The van der Waals surface area contributed by atoms with E-state index in [4.69, 9.17) is 4.74 Å². The van der Waals surface area contributed by atoms with E-state index in [0.29, 0.717) is 18.9 Å². The smallest absolute Gasteiger partial charge is 0.222 e. The summed E-state index contributed by atoms with van der Waals surface area (Å²) in [5.74, 6) is 1.29. The Bertz CT molecular complexity index is 468. The number of hydrogen-bond acceptors (Lipinski definition) is 3. The molecule has 122 valence electrons. The summed E-state index contributed by atoms with van der Waals surface area (Å²) in [6.07, 6.45) is 2.79. The van der Waals surface area contributed by atoms with Crippen LogP contribution in [0.3, 0.4) is 0 Å². The normalized spacial score (nSPS) is 15.8. The summed E-state index contributed by atoms with van der Waals surface area (Å²) in [5, 5.41) is 0. The number of nitrogens with zero attached hydrogens (tertiary/aromatic N) is 2. The predicted molar refractivity (Wildman–Crippen MR) is 89.2 cm³/mol. The number of hydrogen-bond donors (Lipinski definition) is 0. The summed E-state index contributed by atoms with van der Waals surface area (Å²) in [6, 6.07) is 8.11. The third-order valence-corrected chi connectivity index (χ3v) is 4.23. The van der Waals surface area contributed by atoms with Crippen molar-refractivity contribution in [2.45, 2.75) is 33.1 Å². The molecule has 22 heavy (non-hydrogen) atoms. The Balaban J connectivity index is 1.65. The molecule has 0 saturated carbocycles. The molecule has 0 spiro atoms. The first kappa shape index (κ1) is 16.8. The van der Waals surface area contributed by atoms with Crippen molar-refractivity contribution >= 4 is 5.91 Å². The molecular weight excluding hydrogens is 276 g/mol. The second-order valence-corrected chi connectivity index (χ2v) is 5.94.